The number of nitrogens with one attached hydrogen (secondary N) is 1. The van der Waals surface area contributed by atoms with E-state index in [0.29, 0.717) is 30.2 Å². The van der Waals surface area contributed by atoms with Gasteiger partial charge in [0.2, 0.25) is 0 Å². The minimum Gasteiger partial charge on any atom is -0.488 e. The maximum Gasteiger partial charge on any atom is 0.272 e. The lowest BCUT2D eigenvalue weighted by molar-refractivity contribution is 0.0661. The first-order chi connectivity index (χ1) is 13.0. The van der Waals surface area contributed by atoms with Gasteiger partial charge in [-0.2, -0.15) is 5.10 Å². The van der Waals surface area contributed by atoms with Crippen molar-refractivity contribution in [1.82, 2.24) is 20.1 Å². The number of pyridine rings is 1. The fourth-order valence-electron chi connectivity index (χ4n) is 2.91. The van der Waals surface area contributed by atoms with Crippen LogP contribution in [-0.2, 0) is 11.3 Å². The Labute approximate surface area is 155 Å². The molecule has 3 rings (SSSR count). The number of alkyl halides is 2. The number of ether oxygens (including phenoxy) is 2. The lowest BCUT2D eigenvalue weighted by Gasteiger charge is -2.22. The van der Waals surface area contributed by atoms with E-state index < -0.39 is 13.0 Å². The van der Waals surface area contributed by atoms with E-state index in [1.165, 1.54) is 18.3 Å². The molecule has 2 aromatic rings. The number of carbonyl (C=O) groups excluding carboxylic acids is 1. The number of aryl methyl sites for hydroxylation is 1. The Balaban J connectivity index is 1.59. The van der Waals surface area contributed by atoms with Gasteiger partial charge in [-0.3, -0.25) is 14.5 Å². The second-order valence-corrected chi connectivity index (χ2v) is 6.32. The van der Waals surface area contributed by atoms with Crippen molar-refractivity contribution < 1.29 is 23.0 Å². The van der Waals surface area contributed by atoms with Crippen LogP contribution in [0.3, 0.4) is 0 Å². The fourth-order valence-corrected chi connectivity index (χ4v) is 2.91. The molecule has 0 atom stereocenters. The van der Waals surface area contributed by atoms with Crippen molar-refractivity contribution in [2.75, 3.05) is 19.8 Å². The van der Waals surface area contributed by atoms with Crippen LogP contribution >= 0.6 is 0 Å². The minimum absolute atomic E-state index is 0.159. The van der Waals surface area contributed by atoms with Gasteiger partial charge in [0.15, 0.2) is 0 Å². The van der Waals surface area contributed by atoms with Crippen molar-refractivity contribution in [3.05, 3.63) is 41.5 Å². The minimum atomic E-state index is -2.54. The van der Waals surface area contributed by atoms with Crippen molar-refractivity contribution in [3.8, 4) is 5.75 Å². The van der Waals surface area contributed by atoms with Crippen LogP contribution in [0.2, 0.25) is 0 Å². The summed E-state index contributed by atoms with van der Waals surface area (Å²) in [6.45, 7) is 2.66. The number of hydrogen-bond donors (Lipinski definition) is 1. The molecule has 1 N–H and O–H groups in total. The van der Waals surface area contributed by atoms with E-state index in [9.17, 15) is 13.6 Å². The molecule has 0 spiro atoms. The average molecular weight is 380 g/mol. The maximum atomic E-state index is 12.5. The summed E-state index contributed by atoms with van der Waals surface area (Å²) in [6.07, 6.45) is 2.42. The van der Waals surface area contributed by atoms with Gasteiger partial charge in [0, 0.05) is 31.7 Å². The van der Waals surface area contributed by atoms with Crippen LogP contribution in [0.4, 0.5) is 8.78 Å². The topological polar surface area (TPSA) is 78.3 Å². The van der Waals surface area contributed by atoms with Crippen molar-refractivity contribution in [2.24, 2.45) is 0 Å². The number of rotatable bonds is 7. The van der Waals surface area contributed by atoms with E-state index in [-0.39, 0.29) is 24.2 Å². The third-order valence-electron chi connectivity index (χ3n) is 4.32. The van der Waals surface area contributed by atoms with Crippen LogP contribution in [0.1, 0.15) is 40.6 Å². The first kappa shape index (κ1) is 19.2. The Bertz CT molecular complexity index is 776. The van der Waals surface area contributed by atoms with Crippen molar-refractivity contribution in [3.63, 3.8) is 0 Å². The number of carbonyl (C=O) groups is 1. The van der Waals surface area contributed by atoms with E-state index in [1.54, 1.807) is 13.1 Å². The zero-order valence-electron chi connectivity index (χ0n) is 15.0. The van der Waals surface area contributed by atoms with Crippen LogP contribution in [0.15, 0.2) is 24.5 Å². The number of halogens is 2. The van der Waals surface area contributed by atoms with Gasteiger partial charge in [0.25, 0.3) is 12.3 Å². The van der Waals surface area contributed by atoms with Gasteiger partial charge < -0.3 is 14.8 Å². The molecule has 27 heavy (non-hydrogen) atoms. The Morgan fingerprint density at radius 3 is 2.96 bits per heavy atom. The van der Waals surface area contributed by atoms with Crippen LogP contribution in [0.5, 0.6) is 5.75 Å². The average Bonchev–Trinajstić information content (AvgIpc) is 3.07. The summed E-state index contributed by atoms with van der Waals surface area (Å²) in [7, 11) is 0. The molecule has 1 saturated heterocycles. The fraction of sp³-hybridized carbons (Fsp3) is 0.500. The van der Waals surface area contributed by atoms with Gasteiger partial charge >= 0.3 is 0 Å². The zero-order chi connectivity index (χ0) is 19.2. The largest absolute Gasteiger partial charge is 0.488 e. The van der Waals surface area contributed by atoms with E-state index in [1.807, 2.05) is 4.68 Å². The molecule has 0 bridgehead atoms. The molecule has 1 aliphatic heterocycles. The Hall–Kier alpha value is -2.55. The molecule has 0 aliphatic carbocycles. The molecular formula is C18H22F2N4O3. The number of amides is 1. The highest BCUT2D eigenvalue weighted by Crippen LogP contribution is 2.21. The van der Waals surface area contributed by atoms with Gasteiger partial charge in [-0.25, -0.2) is 8.78 Å². The second kappa shape index (κ2) is 8.90. The normalized spacial score (nSPS) is 15.1. The van der Waals surface area contributed by atoms with Gasteiger partial charge in [0.05, 0.1) is 29.5 Å². The molecule has 2 aromatic heterocycles. The summed E-state index contributed by atoms with van der Waals surface area (Å²) >= 11 is 0. The number of aromatic nitrogens is 3. The summed E-state index contributed by atoms with van der Waals surface area (Å²) in [5.41, 5.74) is 1.68. The summed E-state index contributed by atoms with van der Waals surface area (Å²) in [5.74, 6) is 0.0320. The highest BCUT2D eigenvalue weighted by molar-refractivity contribution is 5.94. The Morgan fingerprint density at radius 1 is 1.44 bits per heavy atom. The van der Waals surface area contributed by atoms with E-state index >= 15 is 0 Å². The van der Waals surface area contributed by atoms with Crippen LogP contribution in [-0.4, -0.2) is 46.9 Å². The molecule has 0 aromatic carbocycles. The van der Waals surface area contributed by atoms with Crippen molar-refractivity contribution >= 4 is 5.91 Å². The first-order valence-electron chi connectivity index (χ1n) is 8.80. The van der Waals surface area contributed by atoms with E-state index in [4.69, 9.17) is 9.47 Å². The molecule has 1 fully saturated rings. The second-order valence-electron chi connectivity index (χ2n) is 6.32. The van der Waals surface area contributed by atoms with E-state index in [2.05, 4.69) is 15.4 Å². The van der Waals surface area contributed by atoms with Crippen molar-refractivity contribution in [1.29, 1.82) is 0 Å². The molecule has 1 amide bonds. The predicted molar refractivity (Wildman–Crippen MR) is 93.0 cm³/mol. The summed E-state index contributed by atoms with van der Waals surface area (Å²) in [4.78, 5) is 16.6. The highest BCUT2D eigenvalue weighted by Gasteiger charge is 2.20. The monoisotopic (exact) mass is 380 g/mol. The lowest BCUT2D eigenvalue weighted by Crippen LogP contribution is -2.24. The standard InChI is InChI=1S/C18H22F2N4O3/c1-12-16(10-24(23-12)14-3-6-26-7-4-14)18(25)22-9-13-8-15(2-5-21-13)27-11-17(19)20/h2,5,8,10,14,17H,3-4,6-7,9,11H2,1H3,(H,22,25). The van der Waals surface area contributed by atoms with Gasteiger partial charge in [-0.1, -0.05) is 0 Å². The smallest absolute Gasteiger partial charge is 0.272 e. The third-order valence-corrected chi connectivity index (χ3v) is 4.32. The van der Waals surface area contributed by atoms with Crippen LogP contribution < -0.4 is 10.1 Å². The van der Waals surface area contributed by atoms with Crippen molar-refractivity contribution in [2.45, 2.75) is 38.8 Å². The Morgan fingerprint density at radius 2 is 2.22 bits per heavy atom. The molecule has 7 nitrogen and oxygen atoms in total. The highest BCUT2D eigenvalue weighted by atomic mass is 19.3. The molecule has 0 radical (unpaired) electrons. The number of hydrogen-bond acceptors (Lipinski definition) is 5. The molecule has 9 heteroatoms. The zero-order valence-corrected chi connectivity index (χ0v) is 15.0. The number of nitrogens with zero attached hydrogens (tertiary/aromatic N) is 3. The molecule has 0 unspecified atom stereocenters. The van der Waals surface area contributed by atoms with E-state index in [0.717, 1.165) is 12.8 Å². The molecule has 0 saturated carbocycles. The SMILES string of the molecule is Cc1nn(C2CCOCC2)cc1C(=O)NCc1cc(OCC(F)F)ccn1. The molecule has 3 heterocycles. The molecule has 1 aliphatic rings. The van der Waals surface area contributed by atoms with Gasteiger partial charge in [-0.15, -0.1) is 0 Å². The van der Waals surface area contributed by atoms with Gasteiger partial charge in [0.1, 0.15) is 12.4 Å². The predicted octanol–water partition coefficient (Wildman–Crippen LogP) is 2.51. The molecule has 146 valence electrons. The summed E-state index contributed by atoms with van der Waals surface area (Å²) in [6, 6.07) is 3.26. The summed E-state index contributed by atoms with van der Waals surface area (Å²) < 4.78 is 36.6. The molecular weight excluding hydrogens is 358 g/mol. The summed E-state index contributed by atoms with van der Waals surface area (Å²) in [5, 5.41) is 7.24. The van der Waals surface area contributed by atoms with Crippen LogP contribution in [0, 0.1) is 6.92 Å². The van der Waals surface area contributed by atoms with Gasteiger partial charge in [-0.05, 0) is 25.8 Å². The Kier molecular flexibility index (Phi) is 6.33. The quantitative estimate of drug-likeness (QED) is 0.799. The third kappa shape index (κ3) is 5.22. The first-order valence-corrected chi connectivity index (χ1v) is 8.80. The van der Waals surface area contributed by atoms with Crippen LogP contribution in [0.25, 0.3) is 0 Å². The lowest BCUT2D eigenvalue weighted by atomic mass is 10.1. The maximum absolute atomic E-state index is 12.5.